The molecule has 4 N–H and O–H groups in total. The molecule has 0 amide bonds. The highest BCUT2D eigenvalue weighted by Crippen LogP contribution is 2.54. The molecule has 0 aromatic heterocycles. The van der Waals surface area contributed by atoms with Crippen LogP contribution in [-0.2, 0) is 0 Å². The average Bonchev–Trinajstić information content (AvgIpc) is 3.11. The number of ether oxygens (including phenoxy) is 7. The molecule has 4 aromatic rings. The van der Waals surface area contributed by atoms with Crippen LogP contribution in [0.15, 0.2) is 24.3 Å². The summed E-state index contributed by atoms with van der Waals surface area (Å²) in [5.41, 5.74) is 0.902. The van der Waals surface area contributed by atoms with Gasteiger partial charge in [-0.3, -0.25) is 0 Å². The first-order valence-corrected chi connectivity index (χ1v) is 15.6. The van der Waals surface area contributed by atoms with E-state index in [-0.39, 0.29) is 102 Å². The van der Waals surface area contributed by atoms with Crippen LogP contribution < -0.4 is 33.2 Å². The number of aryl methyl sites for hydroxylation is 2. The summed E-state index contributed by atoms with van der Waals surface area (Å²) < 4.78 is 40.2. The van der Waals surface area contributed by atoms with Crippen molar-refractivity contribution in [3.63, 3.8) is 0 Å². The van der Waals surface area contributed by atoms with Crippen LogP contribution in [0, 0.1) is 27.7 Å². The highest BCUT2D eigenvalue weighted by molar-refractivity contribution is 6.02. The van der Waals surface area contributed by atoms with E-state index in [0.29, 0.717) is 11.1 Å². The molecule has 280 valence electrons. The van der Waals surface area contributed by atoms with Crippen LogP contribution in [0.1, 0.15) is 63.7 Å². The molecule has 0 spiro atoms. The van der Waals surface area contributed by atoms with E-state index in [9.17, 15) is 39.6 Å². The van der Waals surface area contributed by atoms with Crippen molar-refractivity contribution in [1.29, 1.82) is 0 Å². The summed E-state index contributed by atoms with van der Waals surface area (Å²) in [5.74, 6) is -6.21. The highest BCUT2D eigenvalue weighted by atomic mass is 16.5. The molecule has 53 heavy (non-hydrogen) atoms. The van der Waals surface area contributed by atoms with E-state index in [2.05, 4.69) is 0 Å². The number of benzene rings is 4. The maximum absolute atomic E-state index is 12.7. The molecular formula is C38H38O15. The van der Waals surface area contributed by atoms with Crippen LogP contribution in [0.3, 0.4) is 0 Å². The van der Waals surface area contributed by atoms with Crippen molar-refractivity contribution in [3.05, 3.63) is 68.8 Å². The maximum Gasteiger partial charge on any atom is 0.339 e. The lowest BCUT2D eigenvalue weighted by atomic mass is 9.90. The maximum atomic E-state index is 12.7. The minimum atomic E-state index is -1.43. The van der Waals surface area contributed by atoms with Crippen molar-refractivity contribution >= 4 is 23.9 Å². The SMILES string of the molecule is COc1c(C)c(-c2c(OC)c(Oc3cc(C(=O)O)c(OC)c(-c4cc(C)c(C(=O)O)c(OC)c4C)c3OC)cc(C(=O)O)c2OC)cc(C)c1C(=O)O. The van der Waals surface area contributed by atoms with Crippen molar-refractivity contribution in [3.8, 4) is 68.2 Å². The van der Waals surface area contributed by atoms with Crippen LogP contribution in [0.25, 0.3) is 22.3 Å². The van der Waals surface area contributed by atoms with Gasteiger partial charge in [0.2, 0.25) is 0 Å². The van der Waals surface area contributed by atoms with Gasteiger partial charge in [0.05, 0.1) is 53.8 Å². The molecule has 0 aliphatic rings. The van der Waals surface area contributed by atoms with Crippen molar-refractivity contribution in [2.45, 2.75) is 27.7 Å². The monoisotopic (exact) mass is 734 g/mol. The molecule has 0 aliphatic carbocycles. The first kappa shape index (κ1) is 39.2. The quantitative estimate of drug-likeness (QED) is 0.104. The molecule has 0 unspecified atom stereocenters. The number of carboxylic acid groups (broad SMARTS) is 4. The van der Waals surface area contributed by atoms with Crippen LogP contribution >= 0.6 is 0 Å². The van der Waals surface area contributed by atoms with Gasteiger partial charge in [-0.1, -0.05) is 0 Å². The first-order valence-electron chi connectivity index (χ1n) is 15.6. The van der Waals surface area contributed by atoms with Gasteiger partial charge in [-0.25, -0.2) is 19.2 Å². The van der Waals surface area contributed by atoms with Gasteiger partial charge in [-0.05, 0) is 62.1 Å². The zero-order valence-electron chi connectivity index (χ0n) is 30.6. The van der Waals surface area contributed by atoms with E-state index in [0.717, 1.165) is 12.1 Å². The van der Waals surface area contributed by atoms with E-state index >= 15 is 0 Å². The predicted molar refractivity (Wildman–Crippen MR) is 190 cm³/mol. The van der Waals surface area contributed by atoms with Crippen molar-refractivity contribution in [1.82, 2.24) is 0 Å². The Bertz CT molecular complexity index is 2030. The second-order valence-corrected chi connectivity index (χ2v) is 11.6. The fraction of sp³-hybridized carbons (Fsp3) is 0.263. The van der Waals surface area contributed by atoms with Crippen LogP contribution in [0.2, 0.25) is 0 Å². The topological polar surface area (TPSA) is 214 Å². The smallest absolute Gasteiger partial charge is 0.339 e. The first-order chi connectivity index (χ1) is 25.0. The molecule has 0 radical (unpaired) electrons. The molecule has 15 heteroatoms. The lowest BCUT2D eigenvalue weighted by molar-refractivity contribution is 0.0681. The van der Waals surface area contributed by atoms with Crippen molar-refractivity contribution < 1.29 is 72.8 Å². The zero-order chi connectivity index (χ0) is 39.6. The van der Waals surface area contributed by atoms with Gasteiger partial charge in [0.1, 0.15) is 45.3 Å². The van der Waals surface area contributed by atoms with E-state index in [4.69, 9.17) is 33.2 Å². The standard InChI is InChI=1S/C38H38O15/c1-15-11-19(17(3)29(47-5)25(15)37(43)44)27-31(49-7)21(35(39)40)13-23(33(27)51-9)53-24-14-22(36(41)42)32(50-8)28(34(24)52-10)20-12-16(2)26(38(45)46)30(48-6)18(20)4/h11-14H,1-10H3,(H,39,40)(H,41,42)(H,43,44)(H,45,46). The Balaban J connectivity index is 2.19. The van der Waals surface area contributed by atoms with E-state index in [1.54, 1.807) is 27.7 Å². The van der Waals surface area contributed by atoms with E-state index in [1.807, 2.05) is 0 Å². The van der Waals surface area contributed by atoms with Crippen LogP contribution in [-0.4, -0.2) is 87.0 Å². The van der Waals surface area contributed by atoms with E-state index < -0.39 is 23.9 Å². The zero-order valence-corrected chi connectivity index (χ0v) is 30.6. The molecule has 0 bridgehead atoms. The van der Waals surface area contributed by atoms with E-state index in [1.165, 1.54) is 54.8 Å². The van der Waals surface area contributed by atoms with Gasteiger partial charge < -0.3 is 53.6 Å². The Morgan fingerprint density at radius 1 is 0.434 bits per heavy atom. The molecule has 4 aromatic carbocycles. The molecule has 0 saturated carbocycles. The van der Waals surface area contributed by atoms with Gasteiger partial charge >= 0.3 is 23.9 Å². The largest absolute Gasteiger partial charge is 0.496 e. The summed E-state index contributed by atoms with van der Waals surface area (Å²) >= 11 is 0. The number of carbonyl (C=O) groups is 4. The molecule has 0 fully saturated rings. The van der Waals surface area contributed by atoms with Crippen molar-refractivity contribution in [2.75, 3.05) is 42.7 Å². The molecule has 0 saturated heterocycles. The molecule has 0 aliphatic heterocycles. The number of rotatable bonds is 14. The van der Waals surface area contributed by atoms with Crippen molar-refractivity contribution in [2.24, 2.45) is 0 Å². The second-order valence-electron chi connectivity index (χ2n) is 11.6. The second kappa shape index (κ2) is 15.3. The number of hydrogen-bond donors (Lipinski definition) is 4. The number of carboxylic acids is 4. The summed E-state index contributed by atoms with van der Waals surface area (Å²) in [4.78, 5) is 49.8. The summed E-state index contributed by atoms with van der Waals surface area (Å²) in [5, 5.41) is 40.6. The van der Waals surface area contributed by atoms with Gasteiger partial charge in [0.15, 0.2) is 23.0 Å². The Hall–Kier alpha value is -6.64. The van der Waals surface area contributed by atoms with Gasteiger partial charge in [0, 0.05) is 23.3 Å². The fourth-order valence-electron chi connectivity index (χ4n) is 6.49. The van der Waals surface area contributed by atoms with Gasteiger partial charge in [-0.2, -0.15) is 0 Å². The normalized spacial score (nSPS) is 10.7. The summed E-state index contributed by atoms with van der Waals surface area (Å²) in [7, 11) is 7.69. The van der Waals surface area contributed by atoms with Crippen LogP contribution in [0.5, 0.6) is 46.0 Å². The molecule has 0 heterocycles. The number of hydrogen-bond acceptors (Lipinski definition) is 11. The highest BCUT2D eigenvalue weighted by Gasteiger charge is 2.33. The lowest BCUT2D eigenvalue weighted by Crippen LogP contribution is -2.10. The third-order valence-electron chi connectivity index (χ3n) is 8.72. The number of methoxy groups -OCH3 is 6. The molecule has 4 rings (SSSR count). The summed E-state index contributed by atoms with van der Waals surface area (Å²) in [6.07, 6.45) is 0. The third kappa shape index (κ3) is 6.64. The Morgan fingerprint density at radius 2 is 0.736 bits per heavy atom. The number of aromatic carboxylic acids is 4. The Kier molecular flexibility index (Phi) is 11.3. The Morgan fingerprint density at radius 3 is 0.981 bits per heavy atom. The third-order valence-corrected chi connectivity index (χ3v) is 8.72. The predicted octanol–water partition coefficient (Wildman–Crippen LogP) is 6.89. The molecule has 15 nitrogen and oxygen atoms in total. The summed E-state index contributed by atoms with van der Waals surface area (Å²) in [6, 6.07) is 5.28. The summed E-state index contributed by atoms with van der Waals surface area (Å²) in [6.45, 7) is 6.26. The van der Waals surface area contributed by atoms with Gasteiger partial charge in [0.25, 0.3) is 0 Å². The lowest BCUT2D eigenvalue weighted by Gasteiger charge is -2.24. The Labute approximate surface area is 303 Å². The average molecular weight is 735 g/mol. The van der Waals surface area contributed by atoms with Gasteiger partial charge in [-0.15, -0.1) is 0 Å². The molecule has 0 atom stereocenters. The van der Waals surface area contributed by atoms with Crippen LogP contribution in [0.4, 0.5) is 0 Å². The fourth-order valence-corrected chi connectivity index (χ4v) is 6.49. The minimum Gasteiger partial charge on any atom is -0.496 e. The minimum absolute atomic E-state index is 0.0161. The molecular weight excluding hydrogens is 696 g/mol.